The fourth-order valence-corrected chi connectivity index (χ4v) is 2.94. The van der Waals surface area contributed by atoms with Crippen LogP contribution in [0.15, 0.2) is 47.7 Å². The van der Waals surface area contributed by atoms with Crippen LogP contribution in [0.3, 0.4) is 0 Å². The molecular formula is C19H26N6O2. The highest BCUT2D eigenvalue weighted by molar-refractivity contribution is 5.94. The molecule has 8 nitrogen and oxygen atoms in total. The molecule has 0 aliphatic carbocycles. The van der Waals surface area contributed by atoms with E-state index in [1.807, 2.05) is 56.7 Å². The molecule has 27 heavy (non-hydrogen) atoms. The van der Waals surface area contributed by atoms with Gasteiger partial charge >= 0.3 is 0 Å². The number of rotatable bonds is 5. The van der Waals surface area contributed by atoms with Crippen molar-refractivity contribution >= 4 is 17.6 Å². The van der Waals surface area contributed by atoms with E-state index in [0.29, 0.717) is 13.2 Å². The zero-order valence-corrected chi connectivity index (χ0v) is 15.8. The maximum absolute atomic E-state index is 12.2. The Morgan fingerprint density at radius 2 is 2.19 bits per heavy atom. The molecule has 1 aromatic carbocycles. The SMILES string of the molecule is CCNC(=NCC(=O)Nc1ccccc1)N1CCOC(c2cnn(C)c2)C1. The Morgan fingerprint density at radius 1 is 1.37 bits per heavy atom. The van der Waals surface area contributed by atoms with Gasteiger partial charge in [0.2, 0.25) is 5.91 Å². The summed E-state index contributed by atoms with van der Waals surface area (Å²) < 4.78 is 7.65. The first kappa shape index (κ1) is 18.9. The highest BCUT2D eigenvalue weighted by Crippen LogP contribution is 2.21. The molecule has 2 aromatic rings. The summed E-state index contributed by atoms with van der Waals surface area (Å²) in [6.45, 7) is 4.79. The Balaban J connectivity index is 1.63. The van der Waals surface area contributed by atoms with Gasteiger partial charge in [0.15, 0.2) is 5.96 Å². The van der Waals surface area contributed by atoms with Gasteiger partial charge in [0.25, 0.3) is 0 Å². The standard InChI is InChI=1S/C19H26N6O2/c1-3-20-19(21-12-18(26)23-16-7-5-4-6-8-16)25-9-10-27-17(14-25)15-11-22-24(2)13-15/h4-8,11,13,17H,3,9-10,12,14H2,1-2H3,(H,20,21)(H,23,26). The summed E-state index contributed by atoms with van der Waals surface area (Å²) in [5.74, 6) is 0.576. The number of anilines is 1. The number of carbonyl (C=O) groups excluding carboxylic acids is 1. The number of aliphatic imine (C=N–C) groups is 1. The minimum atomic E-state index is -0.145. The number of amides is 1. The van der Waals surface area contributed by atoms with Crippen LogP contribution in [0, 0.1) is 0 Å². The van der Waals surface area contributed by atoms with Gasteiger partial charge in [-0.25, -0.2) is 4.99 Å². The van der Waals surface area contributed by atoms with Gasteiger partial charge in [-0.05, 0) is 19.1 Å². The van der Waals surface area contributed by atoms with Gasteiger partial charge in [-0.2, -0.15) is 5.10 Å². The zero-order chi connectivity index (χ0) is 19.1. The molecule has 1 atom stereocenters. The van der Waals surface area contributed by atoms with E-state index < -0.39 is 0 Å². The molecule has 2 heterocycles. The number of aryl methyl sites for hydroxylation is 1. The lowest BCUT2D eigenvalue weighted by atomic mass is 10.1. The molecule has 1 saturated heterocycles. The number of nitrogens with zero attached hydrogens (tertiary/aromatic N) is 4. The van der Waals surface area contributed by atoms with Gasteiger partial charge in [0, 0.05) is 37.6 Å². The molecule has 0 spiro atoms. The van der Waals surface area contributed by atoms with Crippen LogP contribution in [0.5, 0.6) is 0 Å². The van der Waals surface area contributed by atoms with Crippen LogP contribution in [0.4, 0.5) is 5.69 Å². The summed E-state index contributed by atoms with van der Waals surface area (Å²) in [6, 6.07) is 9.39. The van der Waals surface area contributed by atoms with Gasteiger partial charge < -0.3 is 20.3 Å². The van der Waals surface area contributed by atoms with Crippen molar-refractivity contribution in [3.05, 3.63) is 48.3 Å². The average molecular weight is 370 g/mol. The van der Waals surface area contributed by atoms with Crippen LogP contribution in [-0.4, -0.2) is 59.3 Å². The summed E-state index contributed by atoms with van der Waals surface area (Å²) in [5, 5.41) is 10.3. The Morgan fingerprint density at radius 3 is 2.89 bits per heavy atom. The lowest BCUT2D eigenvalue weighted by molar-refractivity contribution is -0.114. The third-order valence-corrected chi connectivity index (χ3v) is 4.23. The van der Waals surface area contributed by atoms with Crippen molar-refractivity contribution in [1.29, 1.82) is 0 Å². The van der Waals surface area contributed by atoms with Crippen molar-refractivity contribution < 1.29 is 9.53 Å². The van der Waals surface area contributed by atoms with E-state index in [-0.39, 0.29) is 18.6 Å². The highest BCUT2D eigenvalue weighted by atomic mass is 16.5. The van der Waals surface area contributed by atoms with Crippen LogP contribution in [0.1, 0.15) is 18.6 Å². The monoisotopic (exact) mass is 370 g/mol. The van der Waals surface area contributed by atoms with Gasteiger partial charge in [-0.15, -0.1) is 0 Å². The molecule has 1 amide bonds. The maximum atomic E-state index is 12.2. The molecular weight excluding hydrogens is 344 g/mol. The normalized spacial score (nSPS) is 17.6. The summed E-state index contributed by atoms with van der Waals surface area (Å²) in [5.41, 5.74) is 1.81. The fourth-order valence-electron chi connectivity index (χ4n) is 2.94. The number of benzene rings is 1. The third-order valence-electron chi connectivity index (χ3n) is 4.23. The lowest BCUT2D eigenvalue weighted by Gasteiger charge is -2.34. The van der Waals surface area contributed by atoms with Crippen LogP contribution < -0.4 is 10.6 Å². The predicted molar refractivity (Wildman–Crippen MR) is 105 cm³/mol. The maximum Gasteiger partial charge on any atom is 0.246 e. The lowest BCUT2D eigenvalue weighted by Crippen LogP contribution is -2.48. The number of hydrogen-bond donors (Lipinski definition) is 2. The zero-order valence-electron chi connectivity index (χ0n) is 15.8. The molecule has 144 valence electrons. The number of hydrogen-bond acceptors (Lipinski definition) is 4. The van der Waals surface area contributed by atoms with E-state index >= 15 is 0 Å². The van der Waals surface area contributed by atoms with Crippen molar-refractivity contribution in [3.8, 4) is 0 Å². The van der Waals surface area contributed by atoms with Gasteiger partial charge in [0.05, 0.1) is 19.3 Å². The van der Waals surface area contributed by atoms with Crippen molar-refractivity contribution in [2.75, 3.05) is 38.1 Å². The smallest absolute Gasteiger partial charge is 0.246 e. The fraction of sp³-hybridized carbons (Fsp3) is 0.421. The van der Waals surface area contributed by atoms with E-state index in [9.17, 15) is 4.79 Å². The van der Waals surface area contributed by atoms with E-state index in [4.69, 9.17) is 4.74 Å². The summed E-state index contributed by atoms with van der Waals surface area (Å²) in [6.07, 6.45) is 3.73. The Hall–Kier alpha value is -2.87. The molecule has 1 fully saturated rings. The van der Waals surface area contributed by atoms with E-state index in [2.05, 4.69) is 25.6 Å². The van der Waals surface area contributed by atoms with Crippen molar-refractivity contribution in [3.63, 3.8) is 0 Å². The molecule has 1 aliphatic rings. The second-order valence-corrected chi connectivity index (χ2v) is 6.34. The van der Waals surface area contributed by atoms with Gasteiger partial charge in [0.1, 0.15) is 12.6 Å². The van der Waals surface area contributed by atoms with Crippen LogP contribution in [0.2, 0.25) is 0 Å². The highest BCUT2D eigenvalue weighted by Gasteiger charge is 2.25. The first-order chi connectivity index (χ1) is 13.2. The Labute approximate surface area is 159 Å². The summed E-state index contributed by atoms with van der Waals surface area (Å²) >= 11 is 0. The Kier molecular flexibility index (Phi) is 6.43. The first-order valence-corrected chi connectivity index (χ1v) is 9.14. The van der Waals surface area contributed by atoms with Gasteiger partial charge in [-0.1, -0.05) is 18.2 Å². The van der Waals surface area contributed by atoms with Gasteiger partial charge in [-0.3, -0.25) is 9.48 Å². The van der Waals surface area contributed by atoms with Crippen molar-refractivity contribution in [1.82, 2.24) is 20.0 Å². The number of morpholine rings is 1. The van der Waals surface area contributed by atoms with E-state index in [1.54, 1.807) is 4.68 Å². The van der Waals surface area contributed by atoms with Crippen molar-refractivity contribution in [2.45, 2.75) is 13.0 Å². The minimum absolute atomic E-state index is 0.0607. The Bertz CT molecular complexity index is 774. The molecule has 1 aromatic heterocycles. The number of carbonyl (C=O) groups is 1. The molecule has 8 heteroatoms. The second kappa shape index (κ2) is 9.18. The number of para-hydroxylation sites is 1. The number of aromatic nitrogens is 2. The van der Waals surface area contributed by atoms with Crippen molar-refractivity contribution in [2.24, 2.45) is 12.0 Å². The van der Waals surface area contributed by atoms with Crippen LogP contribution in [-0.2, 0) is 16.6 Å². The number of guanidine groups is 1. The summed E-state index contributed by atoms with van der Waals surface area (Å²) in [7, 11) is 1.89. The first-order valence-electron chi connectivity index (χ1n) is 9.14. The predicted octanol–water partition coefficient (Wildman–Crippen LogP) is 1.40. The topological polar surface area (TPSA) is 83.8 Å². The molecule has 0 bridgehead atoms. The average Bonchev–Trinajstić information content (AvgIpc) is 3.12. The molecule has 2 N–H and O–H groups in total. The number of nitrogens with one attached hydrogen (secondary N) is 2. The van der Waals surface area contributed by atoms with Crippen LogP contribution in [0.25, 0.3) is 0 Å². The molecule has 1 aliphatic heterocycles. The number of ether oxygens (including phenoxy) is 1. The molecule has 0 saturated carbocycles. The van der Waals surface area contributed by atoms with E-state index in [1.165, 1.54) is 0 Å². The quantitative estimate of drug-likeness (QED) is 0.614. The largest absolute Gasteiger partial charge is 0.370 e. The summed E-state index contributed by atoms with van der Waals surface area (Å²) in [4.78, 5) is 18.8. The van der Waals surface area contributed by atoms with E-state index in [0.717, 1.165) is 30.3 Å². The second-order valence-electron chi connectivity index (χ2n) is 6.34. The molecule has 0 radical (unpaired) electrons. The molecule has 1 unspecified atom stereocenters. The van der Waals surface area contributed by atoms with Crippen LogP contribution >= 0.6 is 0 Å². The molecule has 3 rings (SSSR count). The third kappa shape index (κ3) is 5.30. The minimum Gasteiger partial charge on any atom is -0.370 e.